The van der Waals surface area contributed by atoms with E-state index in [-0.39, 0.29) is 11.5 Å². The summed E-state index contributed by atoms with van der Waals surface area (Å²) in [5.74, 6) is -2.62. The standard InChI is InChI=1S/C16H19NO3.C4H4O4/c18-14-8-13(9-15(19)10-14)16(20)11-17-7-6-12-4-2-1-3-5-12;5-3(6)1-2-4(7)8/h1-5,8-10,16-20H,6-7,11H2;1-2H,(H,5,6)(H,7,8)/b;2-1+/t16-;/m1./s1. The van der Waals surface area contributed by atoms with Gasteiger partial charge in [0.2, 0.25) is 0 Å². The monoisotopic (exact) mass is 389 g/mol. The van der Waals surface area contributed by atoms with Gasteiger partial charge in [-0.2, -0.15) is 0 Å². The van der Waals surface area contributed by atoms with E-state index in [2.05, 4.69) is 17.4 Å². The van der Waals surface area contributed by atoms with Crippen molar-refractivity contribution in [3.8, 4) is 11.5 Å². The van der Waals surface area contributed by atoms with E-state index in [4.69, 9.17) is 10.2 Å². The van der Waals surface area contributed by atoms with Crippen LogP contribution < -0.4 is 5.32 Å². The molecule has 0 spiro atoms. The molecule has 0 radical (unpaired) electrons. The van der Waals surface area contributed by atoms with E-state index in [1.807, 2.05) is 18.2 Å². The van der Waals surface area contributed by atoms with Crippen molar-refractivity contribution < 1.29 is 35.1 Å². The molecular weight excluding hydrogens is 366 g/mol. The molecule has 0 fully saturated rings. The molecule has 2 rings (SSSR count). The van der Waals surface area contributed by atoms with Crippen molar-refractivity contribution in [3.63, 3.8) is 0 Å². The summed E-state index contributed by atoms with van der Waals surface area (Å²) in [5.41, 5.74) is 1.74. The van der Waals surface area contributed by atoms with Crippen LogP contribution in [0.5, 0.6) is 11.5 Å². The molecule has 0 aliphatic heterocycles. The molecule has 6 N–H and O–H groups in total. The van der Waals surface area contributed by atoms with Gasteiger partial charge in [0.1, 0.15) is 11.5 Å². The van der Waals surface area contributed by atoms with Gasteiger partial charge < -0.3 is 30.8 Å². The zero-order valence-corrected chi connectivity index (χ0v) is 15.0. The van der Waals surface area contributed by atoms with Crippen LogP contribution in [0.25, 0.3) is 0 Å². The van der Waals surface area contributed by atoms with Crippen LogP contribution in [0.3, 0.4) is 0 Å². The molecule has 150 valence electrons. The zero-order valence-electron chi connectivity index (χ0n) is 15.0. The summed E-state index contributed by atoms with van der Waals surface area (Å²) in [6.45, 7) is 1.13. The van der Waals surface area contributed by atoms with Crippen molar-refractivity contribution in [1.82, 2.24) is 5.32 Å². The molecule has 0 aromatic heterocycles. The summed E-state index contributed by atoms with van der Waals surface area (Å²) >= 11 is 0. The largest absolute Gasteiger partial charge is 0.508 e. The molecule has 0 unspecified atom stereocenters. The number of benzene rings is 2. The van der Waals surface area contributed by atoms with E-state index in [0.717, 1.165) is 13.0 Å². The molecule has 2 aromatic rings. The highest BCUT2D eigenvalue weighted by Crippen LogP contribution is 2.24. The molecule has 0 saturated carbocycles. The lowest BCUT2D eigenvalue weighted by atomic mass is 10.1. The summed E-state index contributed by atoms with van der Waals surface area (Å²) < 4.78 is 0. The number of hydrogen-bond donors (Lipinski definition) is 6. The van der Waals surface area contributed by atoms with Crippen molar-refractivity contribution in [2.45, 2.75) is 12.5 Å². The number of nitrogens with one attached hydrogen (secondary N) is 1. The van der Waals surface area contributed by atoms with E-state index in [0.29, 0.717) is 24.3 Å². The maximum Gasteiger partial charge on any atom is 0.328 e. The maximum atomic E-state index is 9.98. The minimum Gasteiger partial charge on any atom is -0.508 e. The molecule has 0 heterocycles. The number of phenols is 2. The average molecular weight is 389 g/mol. The number of hydrogen-bond acceptors (Lipinski definition) is 6. The number of carboxylic acid groups (broad SMARTS) is 2. The predicted molar refractivity (Wildman–Crippen MR) is 102 cm³/mol. The minimum absolute atomic E-state index is 0.0525. The van der Waals surface area contributed by atoms with Gasteiger partial charge in [0.05, 0.1) is 6.10 Å². The number of rotatable bonds is 8. The van der Waals surface area contributed by atoms with Crippen molar-refractivity contribution in [2.24, 2.45) is 0 Å². The van der Waals surface area contributed by atoms with Gasteiger partial charge in [0.25, 0.3) is 0 Å². The van der Waals surface area contributed by atoms with Gasteiger partial charge in [-0.05, 0) is 36.2 Å². The van der Waals surface area contributed by atoms with Crippen molar-refractivity contribution in [3.05, 3.63) is 71.8 Å². The third-order valence-electron chi connectivity index (χ3n) is 3.45. The Balaban J connectivity index is 0.000000416. The molecule has 28 heavy (non-hydrogen) atoms. The Bertz CT molecular complexity index is 754. The van der Waals surface area contributed by atoms with Gasteiger partial charge in [0, 0.05) is 24.8 Å². The number of carboxylic acids is 2. The van der Waals surface area contributed by atoms with Gasteiger partial charge in [-0.15, -0.1) is 0 Å². The quantitative estimate of drug-likeness (QED) is 0.295. The summed E-state index contributed by atoms with van der Waals surface area (Å²) in [4.78, 5) is 19.1. The second kappa shape index (κ2) is 12.1. The summed E-state index contributed by atoms with van der Waals surface area (Å²) in [6.07, 6.45) is 1.24. The fraction of sp³-hybridized carbons (Fsp3) is 0.200. The fourth-order valence-electron chi connectivity index (χ4n) is 2.19. The molecule has 0 saturated heterocycles. The average Bonchev–Trinajstić information content (AvgIpc) is 2.64. The zero-order chi connectivity index (χ0) is 20.9. The van der Waals surface area contributed by atoms with Crippen LogP contribution in [-0.4, -0.2) is 50.6 Å². The van der Waals surface area contributed by atoms with Crippen LogP contribution in [-0.2, 0) is 16.0 Å². The molecule has 0 aliphatic rings. The topological polar surface area (TPSA) is 147 Å². The number of phenolic OH excluding ortho intramolecular Hbond substituents is 2. The number of aliphatic hydroxyl groups is 1. The molecule has 0 amide bonds. The Labute approximate surface area is 162 Å². The van der Waals surface area contributed by atoms with Gasteiger partial charge in [-0.25, -0.2) is 9.59 Å². The Morgan fingerprint density at radius 2 is 1.46 bits per heavy atom. The molecule has 2 aromatic carbocycles. The summed E-state index contributed by atoms with van der Waals surface area (Å²) in [7, 11) is 0. The number of aliphatic hydroxyl groups excluding tert-OH is 1. The van der Waals surface area contributed by atoms with E-state index < -0.39 is 18.0 Å². The van der Waals surface area contributed by atoms with Crippen LogP contribution in [0.15, 0.2) is 60.7 Å². The molecule has 8 heteroatoms. The van der Waals surface area contributed by atoms with E-state index in [9.17, 15) is 24.9 Å². The summed E-state index contributed by atoms with van der Waals surface area (Å²) in [6, 6.07) is 14.2. The first kappa shape index (κ1) is 22.7. The number of aromatic hydroxyl groups is 2. The number of carbonyl (C=O) groups is 2. The highest BCUT2D eigenvalue weighted by atomic mass is 16.4. The fourth-order valence-corrected chi connectivity index (χ4v) is 2.19. The lowest BCUT2D eigenvalue weighted by molar-refractivity contribution is -0.134. The van der Waals surface area contributed by atoms with Crippen LogP contribution in [0.4, 0.5) is 0 Å². The highest BCUT2D eigenvalue weighted by Gasteiger charge is 2.09. The lowest BCUT2D eigenvalue weighted by Crippen LogP contribution is -2.23. The minimum atomic E-state index is -1.26. The molecular formula is C20H23NO7. The highest BCUT2D eigenvalue weighted by molar-refractivity contribution is 5.89. The maximum absolute atomic E-state index is 9.98. The van der Waals surface area contributed by atoms with Crippen molar-refractivity contribution in [2.75, 3.05) is 13.1 Å². The first-order valence-corrected chi connectivity index (χ1v) is 8.37. The Kier molecular flexibility index (Phi) is 9.80. The van der Waals surface area contributed by atoms with Gasteiger partial charge >= 0.3 is 11.9 Å². The summed E-state index contributed by atoms with van der Waals surface area (Å²) in [5, 5.41) is 47.5. The van der Waals surface area contributed by atoms with Gasteiger partial charge in [-0.1, -0.05) is 30.3 Å². The van der Waals surface area contributed by atoms with Crippen LogP contribution in [0.2, 0.25) is 0 Å². The molecule has 8 nitrogen and oxygen atoms in total. The molecule has 0 bridgehead atoms. The third-order valence-corrected chi connectivity index (χ3v) is 3.45. The predicted octanol–water partition coefficient (Wildman–Crippen LogP) is 1.68. The van der Waals surface area contributed by atoms with Crippen LogP contribution in [0.1, 0.15) is 17.2 Å². The Hall–Kier alpha value is -3.36. The van der Waals surface area contributed by atoms with Crippen LogP contribution >= 0.6 is 0 Å². The van der Waals surface area contributed by atoms with Gasteiger partial charge in [-0.3, -0.25) is 0 Å². The Morgan fingerprint density at radius 3 is 1.96 bits per heavy atom. The second-order valence-electron chi connectivity index (χ2n) is 5.75. The van der Waals surface area contributed by atoms with Crippen LogP contribution in [0, 0.1) is 0 Å². The van der Waals surface area contributed by atoms with E-state index in [1.165, 1.54) is 23.8 Å². The SMILES string of the molecule is O=C(O)/C=C/C(=O)O.Oc1cc(O)cc([C@H](O)CNCCc2ccccc2)c1. The smallest absolute Gasteiger partial charge is 0.328 e. The molecule has 0 aliphatic carbocycles. The van der Waals surface area contributed by atoms with Crippen molar-refractivity contribution >= 4 is 11.9 Å². The number of aliphatic carboxylic acids is 2. The first-order valence-electron chi connectivity index (χ1n) is 8.37. The van der Waals surface area contributed by atoms with E-state index >= 15 is 0 Å². The van der Waals surface area contributed by atoms with Crippen molar-refractivity contribution in [1.29, 1.82) is 0 Å². The normalized spacial score (nSPS) is 11.5. The Morgan fingerprint density at radius 1 is 0.929 bits per heavy atom. The second-order valence-corrected chi connectivity index (χ2v) is 5.75. The molecule has 1 atom stereocenters. The van der Waals surface area contributed by atoms with Gasteiger partial charge in [0.15, 0.2) is 0 Å². The first-order chi connectivity index (χ1) is 13.3. The lowest BCUT2D eigenvalue weighted by Gasteiger charge is -2.13. The van der Waals surface area contributed by atoms with E-state index in [1.54, 1.807) is 0 Å². The third kappa shape index (κ3) is 9.95.